The lowest BCUT2D eigenvalue weighted by Gasteiger charge is -2.22. The van der Waals surface area contributed by atoms with Gasteiger partial charge in [-0.05, 0) is 26.8 Å². The lowest BCUT2D eigenvalue weighted by molar-refractivity contribution is -0.117. The van der Waals surface area contributed by atoms with Crippen LogP contribution in [-0.2, 0) is 9.53 Å². The molecular formula is C14H17N3O5S. The first-order valence-electron chi connectivity index (χ1n) is 6.82. The fourth-order valence-corrected chi connectivity index (χ4v) is 2.77. The molecule has 3 N–H and O–H groups in total. The van der Waals surface area contributed by atoms with Gasteiger partial charge in [-0.3, -0.25) is 4.79 Å². The minimum atomic E-state index is -1.18. The molecule has 0 saturated heterocycles. The van der Waals surface area contributed by atoms with Crippen molar-refractivity contribution in [3.8, 4) is 0 Å². The number of ether oxygens (including phenoxy) is 1. The number of hydrogen-bond acceptors (Lipinski definition) is 6. The third-order valence-electron chi connectivity index (χ3n) is 2.76. The Morgan fingerprint density at radius 3 is 2.78 bits per heavy atom. The van der Waals surface area contributed by atoms with Crippen LogP contribution in [0, 0.1) is 0 Å². The smallest absolute Gasteiger partial charge is 0.408 e. The highest BCUT2D eigenvalue weighted by molar-refractivity contribution is 7.99. The van der Waals surface area contributed by atoms with Crippen molar-refractivity contribution in [3.63, 3.8) is 0 Å². The monoisotopic (exact) mass is 339 g/mol. The molecule has 2 heterocycles. The molecule has 0 aromatic carbocycles. The maximum atomic E-state index is 12.2. The van der Waals surface area contributed by atoms with Crippen molar-refractivity contribution >= 4 is 35.4 Å². The number of rotatable bonds is 2. The molecule has 0 unspecified atom stereocenters. The summed E-state index contributed by atoms with van der Waals surface area (Å²) in [6.45, 7) is 5.18. The quantitative estimate of drug-likeness (QED) is 0.751. The molecule has 1 aliphatic rings. The standard InChI is InChI=1S/C14H17N3O5S/c1-14(2,3)22-13(21)17-9-6-23-10-5-15-8(12(19)20)4-7(10)16-11(9)18/h4-5,9H,6H2,1-3H3,(H,16,18)(H,17,21)(H,19,20)/t9-/m0/s1. The van der Waals surface area contributed by atoms with E-state index in [1.165, 1.54) is 24.0 Å². The first-order chi connectivity index (χ1) is 10.7. The van der Waals surface area contributed by atoms with E-state index in [0.29, 0.717) is 10.6 Å². The summed E-state index contributed by atoms with van der Waals surface area (Å²) in [5.41, 5.74) is -0.467. The molecule has 9 heteroatoms. The van der Waals surface area contributed by atoms with E-state index >= 15 is 0 Å². The van der Waals surface area contributed by atoms with Gasteiger partial charge in [0.2, 0.25) is 5.91 Å². The van der Waals surface area contributed by atoms with Gasteiger partial charge in [0.15, 0.2) is 0 Å². The summed E-state index contributed by atoms with van der Waals surface area (Å²) in [6.07, 6.45) is 0.702. The van der Waals surface area contributed by atoms with Crippen molar-refractivity contribution in [1.29, 1.82) is 0 Å². The molecule has 0 spiro atoms. The molecule has 0 radical (unpaired) electrons. The van der Waals surface area contributed by atoms with Gasteiger partial charge in [0.25, 0.3) is 0 Å². The number of nitrogens with one attached hydrogen (secondary N) is 2. The Morgan fingerprint density at radius 2 is 2.17 bits per heavy atom. The molecule has 2 rings (SSSR count). The number of nitrogens with zero attached hydrogens (tertiary/aromatic N) is 1. The minimum absolute atomic E-state index is 0.164. The van der Waals surface area contributed by atoms with Crippen LogP contribution in [0.4, 0.5) is 10.5 Å². The predicted molar refractivity (Wildman–Crippen MR) is 83.7 cm³/mol. The van der Waals surface area contributed by atoms with E-state index in [4.69, 9.17) is 9.84 Å². The third-order valence-corrected chi connectivity index (χ3v) is 3.89. The van der Waals surface area contributed by atoms with Crippen LogP contribution in [-0.4, -0.2) is 45.5 Å². The molecule has 0 bridgehead atoms. The second kappa shape index (κ2) is 6.45. The first kappa shape index (κ1) is 17.1. The zero-order valence-corrected chi connectivity index (χ0v) is 13.7. The molecule has 2 amide bonds. The fourth-order valence-electron chi connectivity index (χ4n) is 1.80. The number of carboxylic acids is 1. The highest BCUT2D eigenvalue weighted by atomic mass is 32.2. The summed E-state index contributed by atoms with van der Waals surface area (Å²) in [5, 5.41) is 14.1. The van der Waals surface area contributed by atoms with Gasteiger partial charge in [-0.25, -0.2) is 14.6 Å². The second-order valence-electron chi connectivity index (χ2n) is 5.87. The molecule has 124 valence electrons. The first-order valence-corrected chi connectivity index (χ1v) is 7.81. The Kier molecular flexibility index (Phi) is 4.79. The fraction of sp³-hybridized carbons (Fsp3) is 0.429. The topological polar surface area (TPSA) is 118 Å². The van der Waals surface area contributed by atoms with E-state index in [1.807, 2.05) is 0 Å². The van der Waals surface area contributed by atoms with E-state index in [2.05, 4.69) is 15.6 Å². The van der Waals surface area contributed by atoms with Crippen molar-refractivity contribution in [2.75, 3.05) is 11.1 Å². The average molecular weight is 339 g/mol. The largest absolute Gasteiger partial charge is 0.477 e. The van der Waals surface area contributed by atoms with E-state index in [1.54, 1.807) is 20.8 Å². The van der Waals surface area contributed by atoms with Crippen LogP contribution in [0.25, 0.3) is 0 Å². The van der Waals surface area contributed by atoms with Gasteiger partial charge in [0.05, 0.1) is 5.69 Å². The lowest BCUT2D eigenvalue weighted by Crippen LogP contribution is -2.46. The van der Waals surface area contributed by atoms with Crippen LogP contribution in [0.15, 0.2) is 17.2 Å². The van der Waals surface area contributed by atoms with Crippen molar-refractivity contribution < 1.29 is 24.2 Å². The Bertz CT molecular complexity index is 656. The Balaban J connectivity index is 2.10. The number of alkyl carbamates (subject to hydrolysis) is 1. The van der Waals surface area contributed by atoms with Gasteiger partial charge in [0, 0.05) is 16.8 Å². The highest BCUT2D eigenvalue weighted by Gasteiger charge is 2.28. The number of fused-ring (bicyclic) bond motifs is 1. The van der Waals surface area contributed by atoms with Crippen LogP contribution in [0.3, 0.4) is 0 Å². The van der Waals surface area contributed by atoms with Gasteiger partial charge in [0.1, 0.15) is 17.3 Å². The molecule has 0 aliphatic carbocycles. The lowest BCUT2D eigenvalue weighted by atomic mass is 10.2. The number of carbonyl (C=O) groups excluding carboxylic acids is 2. The molecule has 1 aliphatic heterocycles. The maximum Gasteiger partial charge on any atom is 0.408 e. The number of thioether (sulfide) groups is 1. The molecule has 1 aromatic rings. The second-order valence-corrected chi connectivity index (χ2v) is 6.93. The van der Waals surface area contributed by atoms with Gasteiger partial charge in [-0.15, -0.1) is 11.8 Å². The third kappa shape index (κ3) is 4.59. The zero-order chi connectivity index (χ0) is 17.2. The number of aromatic carboxylic acids is 1. The van der Waals surface area contributed by atoms with Crippen molar-refractivity contribution in [1.82, 2.24) is 10.3 Å². The summed E-state index contributed by atoms with van der Waals surface area (Å²) in [4.78, 5) is 39.4. The summed E-state index contributed by atoms with van der Waals surface area (Å²) >= 11 is 1.29. The van der Waals surface area contributed by atoms with Gasteiger partial charge < -0.3 is 20.5 Å². The van der Waals surface area contributed by atoms with E-state index in [9.17, 15) is 14.4 Å². The number of pyridine rings is 1. The average Bonchev–Trinajstić information content (AvgIpc) is 2.55. The number of anilines is 1. The van der Waals surface area contributed by atoms with Crippen molar-refractivity contribution in [3.05, 3.63) is 18.0 Å². The van der Waals surface area contributed by atoms with Crippen molar-refractivity contribution in [2.24, 2.45) is 0 Å². The van der Waals surface area contributed by atoms with E-state index in [0.717, 1.165) is 0 Å². The molecule has 8 nitrogen and oxygen atoms in total. The van der Waals surface area contributed by atoms with Crippen LogP contribution in [0.2, 0.25) is 0 Å². The Morgan fingerprint density at radius 1 is 1.48 bits per heavy atom. The van der Waals surface area contributed by atoms with E-state index < -0.39 is 29.6 Å². The van der Waals surface area contributed by atoms with Gasteiger partial charge >= 0.3 is 12.1 Å². The summed E-state index contributed by atoms with van der Waals surface area (Å²) < 4.78 is 5.13. The summed E-state index contributed by atoms with van der Waals surface area (Å²) in [7, 11) is 0. The number of amides is 2. The minimum Gasteiger partial charge on any atom is -0.477 e. The highest BCUT2D eigenvalue weighted by Crippen LogP contribution is 2.30. The normalized spacial score (nSPS) is 17.5. The summed E-state index contributed by atoms with van der Waals surface area (Å²) in [5.74, 6) is -1.34. The predicted octanol–water partition coefficient (Wildman–Crippen LogP) is 1.72. The molecule has 1 atom stereocenters. The van der Waals surface area contributed by atoms with Crippen LogP contribution in [0.1, 0.15) is 31.3 Å². The van der Waals surface area contributed by atoms with Crippen LogP contribution < -0.4 is 10.6 Å². The number of hydrogen-bond donors (Lipinski definition) is 3. The molecule has 23 heavy (non-hydrogen) atoms. The van der Waals surface area contributed by atoms with Crippen LogP contribution in [0.5, 0.6) is 0 Å². The van der Waals surface area contributed by atoms with Crippen LogP contribution >= 0.6 is 11.8 Å². The number of carboxylic acid groups (broad SMARTS) is 1. The molecule has 1 aromatic heterocycles. The molecular weight excluding hydrogens is 322 g/mol. The van der Waals surface area contributed by atoms with Gasteiger partial charge in [-0.2, -0.15) is 0 Å². The van der Waals surface area contributed by atoms with Gasteiger partial charge in [-0.1, -0.05) is 0 Å². The Labute approximate surface area is 137 Å². The number of aromatic nitrogens is 1. The maximum absolute atomic E-state index is 12.2. The van der Waals surface area contributed by atoms with E-state index in [-0.39, 0.29) is 11.4 Å². The SMILES string of the molecule is CC(C)(C)OC(=O)N[C@H]1CSc2cnc(C(=O)O)cc2NC1=O. The number of carbonyl (C=O) groups is 3. The summed E-state index contributed by atoms with van der Waals surface area (Å²) in [6, 6.07) is 0.494. The zero-order valence-electron chi connectivity index (χ0n) is 12.9. The van der Waals surface area contributed by atoms with Crippen molar-refractivity contribution in [2.45, 2.75) is 37.3 Å². The Hall–Kier alpha value is -2.29. The molecule has 0 fully saturated rings. The molecule has 0 saturated carbocycles.